The minimum atomic E-state index is -1.14. The first-order valence-corrected chi connectivity index (χ1v) is 6.86. The highest BCUT2D eigenvalue weighted by Gasteiger charge is 2.10. The van der Waals surface area contributed by atoms with Crippen molar-refractivity contribution in [3.8, 4) is 5.75 Å². The number of nitrogens with one attached hydrogen (secondary N) is 1. The molecule has 0 aliphatic heterocycles. The number of pyridine rings is 1. The Hall–Kier alpha value is -2.27. The van der Waals surface area contributed by atoms with Crippen molar-refractivity contribution in [1.82, 2.24) is 4.98 Å². The van der Waals surface area contributed by atoms with Crippen molar-refractivity contribution in [2.24, 2.45) is 0 Å². The van der Waals surface area contributed by atoms with E-state index in [1.807, 2.05) is 30.3 Å². The fourth-order valence-corrected chi connectivity index (χ4v) is 1.87. The number of para-hydroxylation sites is 1. The van der Waals surface area contributed by atoms with Crippen LogP contribution in [-0.2, 0) is 0 Å². The highest BCUT2D eigenvalue weighted by molar-refractivity contribution is 6.33. The Morgan fingerprint density at radius 1 is 1.24 bits per heavy atom. The SMILES string of the molecule is O=C(O)c1nc(NCCCOc2ccccc2)ccc1Cl. The fraction of sp³-hybridized carbons (Fsp3) is 0.200. The van der Waals surface area contributed by atoms with Gasteiger partial charge in [-0.3, -0.25) is 0 Å². The van der Waals surface area contributed by atoms with Gasteiger partial charge in [-0.05, 0) is 30.7 Å². The molecule has 0 aliphatic rings. The number of carboxylic acids is 1. The van der Waals surface area contributed by atoms with E-state index in [4.69, 9.17) is 21.4 Å². The second-order valence-electron chi connectivity index (χ2n) is 4.27. The van der Waals surface area contributed by atoms with Crippen molar-refractivity contribution >= 4 is 23.4 Å². The maximum Gasteiger partial charge on any atom is 0.356 e. The van der Waals surface area contributed by atoms with Gasteiger partial charge in [-0.15, -0.1) is 0 Å². The van der Waals surface area contributed by atoms with Crippen LogP contribution in [0.5, 0.6) is 5.75 Å². The first-order valence-electron chi connectivity index (χ1n) is 6.48. The van der Waals surface area contributed by atoms with Crippen molar-refractivity contribution in [2.45, 2.75) is 6.42 Å². The molecule has 1 aromatic carbocycles. The Kier molecular flexibility index (Phi) is 5.40. The fourth-order valence-electron chi connectivity index (χ4n) is 1.69. The van der Waals surface area contributed by atoms with Crippen molar-refractivity contribution in [3.63, 3.8) is 0 Å². The molecule has 0 bridgehead atoms. The standard InChI is InChI=1S/C15H15ClN2O3/c16-12-7-8-13(18-14(12)15(19)20)17-9-4-10-21-11-5-2-1-3-6-11/h1-3,5-8H,4,9-10H2,(H,17,18)(H,19,20). The zero-order chi connectivity index (χ0) is 15.1. The van der Waals surface area contributed by atoms with Gasteiger partial charge < -0.3 is 15.2 Å². The van der Waals surface area contributed by atoms with Crippen LogP contribution >= 0.6 is 11.6 Å². The van der Waals surface area contributed by atoms with E-state index in [-0.39, 0.29) is 10.7 Å². The van der Waals surface area contributed by atoms with Crippen LogP contribution in [0, 0.1) is 0 Å². The molecule has 2 rings (SSSR count). The molecule has 0 amide bonds. The molecule has 0 unspecified atom stereocenters. The van der Waals surface area contributed by atoms with E-state index in [1.54, 1.807) is 6.07 Å². The van der Waals surface area contributed by atoms with E-state index in [0.29, 0.717) is 19.0 Å². The van der Waals surface area contributed by atoms with Crippen LogP contribution in [0.2, 0.25) is 5.02 Å². The quantitative estimate of drug-likeness (QED) is 0.768. The number of hydrogen-bond acceptors (Lipinski definition) is 4. The van der Waals surface area contributed by atoms with Gasteiger partial charge >= 0.3 is 5.97 Å². The molecule has 110 valence electrons. The molecular weight excluding hydrogens is 292 g/mol. The summed E-state index contributed by atoms with van der Waals surface area (Å²) < 4.78 is 5.55. The summed E-state index contributed by atoms with van der Waals surface area (Å²) in [5.74, 6) is 0.169. The van der Waals surface area contributed by atoms with Crippen LogP contribution in [0.3, 0.4) is 0 Å². The lowest BCUT2D eigenvalue weighted by Crippen LogP contribution is -2.10. The van der Waals surface area contributed by atoms with Gasteiger partial charge in [0.25, 0.3) is 0 Å². The van der Waals surface area contributed by atoms with E-state index in [9.17, 15) is 4.79 Å². The molecule has 0 aliphatic carbocycles. The normalized spacial score (nSPS) is 10.1. The summed E-state index contributed by atoms with van der Waals surface area (Å²) in [5, 5.41) is 12.1. The third kappa shape index (κ3) is 4.65. The molecule has 5 nitrogen and oxygen atoms in total. The minimum absolute atomic E-state index is 0.125. The van der Waals surface area contributed by atoms with E-state index < -0.39 is 5.97 Å². The average molecular weight is 307 g/mol. The van der Waals surface area contributed by atoms with Gasteiger partial charge in [0.15, 0.2) is 5.69 Å². The summed E-state index contributed by atoms with van der Waals surface area (Å²) in [5.41, 5.74) is -0.151. The van der Waals surface area contributed by atoms with Gasteiger partial charge in [0.1, 0.15) is 11.6 Å². The monoisotopic (exact) mass is 306 g/mol. The number of carbonyl (C=O) groups is 1. The molecule has 0 saturated heterocycles. The van der Waals surface area contributed by atoms with Crippen LogP contribution in [0.15, 0.2) is 42.5 Å². The predicted octanol–water partition coefficient (Wildman–Crippen LogP) is 3.31. The number of nitrogens with zero attached hydrogens (tertiary/aromatic N) is 1. The van der Waals surface area contributed by atoms with Gasteiger partial charge in [0.2, 0.25) is 0 Å². The van der Waals surface area contributed by atoms with E-state index >= 15 is 0 Å². The molecule has 21 heavy (non-hydrogen) atoms. The zero-order valence-corrected chi connectivity index (χ0v) is 12.0. The van der Waals surface area contributed by atoms with Crippen molar-refractivity contribution in [2.75, 3.05) is 18.5 Å². The topological polar surface area (TPSA) is 71.5 Å². The molecule has 1 heterocycles. The third-order valence-corrected chi connectivity index (χ3v) is 2.99. The summed E-state index contributed by atoms with van der Waals surface area (Å²) in [6, 6.07) is 12.7. The van der Waals surface area contributed by atoms with Crippen LogP contribution in [0.25, 0.3) is 0 Å². The molecular formula is C15H15ClN2O3. The molecule has 6 heteroatoms. The number of carboxylic acid groups (broad SMARTS) is 1. The minimum Gasteiger partial charge on any atom is -0.494 e. The number of anilines is 1. The summed E-state index contributed by atoms with van der Waals surface area (Å²) in [6.45, 7) is 1.19. The second kappa shape index (κ2) is 7.50. The van der Waals surface area contributed by atoms with E-state index in [0.717, 1.165) is 12.2 Å². The summed E-state index contributed by atoms with van der Waals surface area (Å²) in [4.78, 5) is 14.9. The smallest absolute Gasteiger partial charge is 0.356 e. The maximum absolute atomic E-state index is 10.9. The van der Waals surface area contributed by atoms with E-state index in [2.05, 4.69) is 10.3 Å². The largest absolute Gasteiger partial charge is 0.494 e. The Morgan fingerprint density at radius 3 is 2.71 bits per heavy atom. The number of ether oxygens (including phenoxy) is 1. The zero-order valence-electron chi connectivity index (χ0n) is 11.3. The molecule has 0 spiro atoms. The number of halogens is 1. The highest BCUT2D eigenvalue weighted by atomic mass is 35.5. The second-order valence-corrected chi connectivity index (χ2v) is 4.68. The van der Waals surface area contributed by atoms with Gasteiger partial charge in [-0.2, -0.15) is 0 Å². The van der Waals surface area contributed by atoms with Crippen molar-refractivity contribution in [3.05, 3.63) is 53.2 Å². The summed E-state index contributed by atoms with van der Waals surface area (Å²) in [6.07, 6.45) is 0.765. The lowest BCUT2D eigenvalue weighted by molar-refractivity contribution is 0.0691. The Morgan fingerprint density at radius 2 is 2.00 bits per heavy atom. The Labute approximate surface area is 127 Å². The van der Waals surface area contributed by atoms with Crippen LogP contribution in [-0.4, -0.2) is 29.2 Å². The molecule has 0 radical (unpaired) electrons. The third-order valence-electron chi connectivity index (χ3n) is 2.69. The van der Waals surface area contributed by atoms with Crippen LogP contribution < -0.4 is 10.1 Å². The van der Waals surface area contributed by atoms with E-state index in [1.165, 1.54) is 6.07 Å². The van der Waals surface area contributed by atoms with Gasteiger partial charge in [0, 0.05) is 6.54 Å². The van der Waals surface area contributed by atoms with Crippen LogP contribution in [0.1, 0.15) is 16.9 Å². The maximum atomic E-state index is 10.9. The van der Waals surface area contributed by atoms with Crippen molar-refractivity contribution in [1.29, 1.82) is 0 Å². The lowest BCUT2D eigenvalue weighted by Gasteiger charge is -2.08. The highest BCUT2D eigenvalue weighted by Crippen LogP contribution is 2.16. The molecule has 1 aromatic heterocycles. The predicted molar refractivity (Wildman–Crippen MR) is 81.3 cm³/mol. The lowest BCUT2D eigenvalue weighted by atomic mass is 10.3. The Balaban J connectivity index is 1.76. The molecule has 2 aromatic rings. The first-order chi connectivity index (χ1) is 10.2. The average Bonchev–Trinajstić information content (AvgIpc) is 2.49. The van der Waals surface area contributed by atoms with Gasteiger partial charge in [-0.1, -0.05) is 29.8 Å². The van der Waals surface area contributed by atoms with Crippen molar-refractivity contribution < 1.29 is 14.6 Å². The molecule has 0 saturated carbocycles. The number of aromatic nitrogens is 1. The first kappa shape index (κ1) is 15.1. The Bertz CT molecular complexity index is 605. The number of benzene rings is 1. The number of hydrogen-bond donors (Lipinski definition) is 2. The molecule has 0 fully saturated rings. The van der Waals surface area contributed by atoms with Gasteiger partial charge in [-0.25, -0.2) is 9.78 Å². The molecule has 2 N–H and O–H groups in total. The van der Waals surface area contributed by atoms with Crippen LogP contribution in [0.4, 0.5) is 5.82 Å². The number of aromatic carboxylic acids is 1. The summed E-state index contributed by atoms with van der Waals surface area (Å²) in [7, 11) is 0. The van der Waals surface area contributed by atoms with Gasteiger partial charge in [0.05, 0.1) is 11.6 Å². The number of rotatable bonds is 7. The summed E-state index contributed by atoms with van der Waals surface area (Å²) >= 11 is 5.75. The molecule has 0 atom stereocenters.